The smallest absolute Gasteiger partial charge is 0.143 e. The molecule has 0 saturated heterocycles. The lowest BCUT2D eigenvalue weighted by atomic mass is 9.93. The second-order valence-corrected chi connectivity index (χ2v) is 13.3. The molecular weight excluding hydrogens is 623 g/mol. The van der Waals surface area contributed by atoms with Gasteiger partial charge in [-0.15, -0.1) is 0 Å². The molecule has 8 aromatic carbocycles. The van der Waals surface area contributed by atoms with Crippen LogP contribution in [0.3, 0.4) is 0 Å². The highest BCUT2D eigenvalue weighted by atomic mass is 16.3. The third kappa shape index (κ3) is 4.25. The predicted molar refractivity (Wildman–Crippen MR) is 212 cm³/mol. The van der Waals surface area contributed by atoms with Gasteiger partial charge >= 0.3 is 0 Å². The van der Waals surface area contributed by atoms with Gasteiger partial charge in [-0.05, 0) is 82.4 Å². The number of benzene rings is 8. The van der Waals surface area contributed by atoms with E-state index in [-0.39, 0.29) is 0 Å². The van der Waals surface area contributed by atoms with Gasteiger partial charge in [-0.1, -0.05) is 121 Å². The van der Waals surface area contributed by atoms with E-state index >= 15 is 0 Å². The van der Waals surface area contributed by atoms with E-state index in [1.54, 1.807) is 0 Å². The van der Waals surface area contributed by atoms with Crippen molar-refractivity contribution >= 4 is 65.7 Å². The molecule has 0 N–H and O–H groups in total. The third-order valence-electron chi connectivity index (χ3n) is 10.4. The van der Waals surface area contributed by atoms with Gasteiger partial charge < -0.3 is 13.4 Å². The highest BCUT2D eigenvalue weighted by Crippen LogP contribution is 2.42. The number of rotatable bonds is 4. The van der Waals surface area contributed by atoms with Crippen LogP contribution in [0.1, 0.15) is 0 Å². The average molecular weight is 652 g/mol. The lowest BCUT2D eigenvalue weighted by Crippen LogP contribution is -1.96. The zero-order chi connectivity index (χ0) is 33.5. The van der Waals surface area contributed by atoms with E-state index in [0.29, 0.717) is 0 Å². The fraction of sp³-hybridized carbons (Fsp3) is 0. The molecule has 0 aliphatic heterocycles. The summed E-state index contributed by atoms with van der Waals surface area (Å²) >= 11 is 0. The molecule has 0 fully saturated rings. The molecule has 3 heteroatoms. The van der Waals surface area contributed by atoms with Crippen molar-refractivity contribution in [3.63, 3.8) is 0 Å². The van der Waals surface area contributed by atoms with E-state index in [9.17, 15) is 0 Å². The Hall–Kier alpha value is -6.84. The Bertz CT molecular complexity index is 3100. The number of para-hydroxylation sites is 5. The Balaban J connectivity index is 1.18. The Morgan fingerprint density at radius 3 is 1.69 bits per heavy atom. The number of aromatic nitrogens is 1. The van der Waals surface area contributed by atoms with Gasteiger partial charge in [-0.3, -0.25) is 0 Å². The fourth-order valence-electron chi connectivity index (χ4n) is 8.12. The molecule has 0 amide bonds. The minimum atomic E-state index is 0.887. The maximum Gasteiger partial charge on any atom is 0.143 e. The van der Waals surface area contributed by atoms with Gasteiger partial charge in [0.2, 0.25) is 0 Å². The molecule has 51 heavy (non-hydrogen) atoms. The number of hydrogen-bond acceptors (Lipinski definition) is 2. The van der Waals surface area contributed by atoms with E-state index in [4.69, 9.17) is 8.83 Å². The zero-order valence-corrected chi connectivity index (χ0v) is 27.5. The summed E-state index contributed by atoms with van der Waals surface area (Å²) in [6, 6.07) is 62.7. The molecule has 0 atom stereocenters. The fourth-order valence-corrected chi connectivity index (χ4v) is 8.12. The number of hydrogen-bond donors (Lipinski definition) is 0. The highest BCUT2D eigenvalue weighted by Gasteiger charge is 2.18. The van der Waals surface area contributed by atoms with Crippen LogP contribution < -0.4 is 0 Å². The quantitative estimate of drug-likeness (QED) is 0.190. The molecule has 0 spiro atoms. The van der Waals surface area contributed by atoms with Gasteiger partial charge in [0.1, 0.15) is 22.3 Å². The summed E-state index contributed by atoms with van der Waals surface area (Å²) in [6.07, 6.45) is 0. The van der Waals surface area contributed by atoms with E-state index in [0.717, 1.165) is 82.9 Å². The molecule has 0 saturated carbocycles. The molecule has 11 rings (SSSR count). The van der Waals surface area contributed by atoms with Crippen molar-refractivity contribution in [2.75, 3.05) is 0 Å². The Morgan fingerprint density at radius 2 is 0.882 bits per heavy atom. The normalized spacial score (nSPS) is 11.9. The van der Waals surface area contributed by atoms with E-state index in [1.165, 1.54) is 21.8 Å². The van der Waals surface area contributed by atoms with Gasteiger partial charge in [-0.2, -0.15) is 0 Å². The summed E-state index contributed by atoms with van der Waals surface area (Å²) in [4.78, 5) is 0. The summed E-state index contributed by atoms with van der Waals surface area (Å²) in [5.74, 6) is 0. The van der Waals surface area contributed by atoms with Crippen LogP contribution in [-0.2, 0) is 0 Å². The van der Waals surface area contributed by atoms with Crippen molar-refractivity contribution < 1.29 is 8.83 Å². The standard InChI is InChI=1S/C48H29NO2/c1-5-21-42-37(14-1)38-15-2-6-22-43(38)49(42)34-28-32(27-33(29-34)35-18-11-25-46-47(35)41-17-4-8-24-45(41)50-46)30-12-9-13-31(26-30)36-19-10-20-40-39-16-3-7-23-44(39)51-48(36)40/h1-29H. The van der Waals surface area contributed by atoms with Crippen LogP contribution in [0.25, 0.3) is 105 Å². The minimum Gasteiger partial charge on any atom is -0.456 e. The highest BCUT2D eigenvalue weighted by molar-refractivity contribution is 6.14. The lowest BCUT2D eigenvalue weighted by molar-refractivity contribution is 0.669. The van der Waals surface area contributed by atoms with Crippen LogP contribution in [0, 0.1) is 0 Å². The lowest BCUT2D eigenvalue weighted by Gasteiger charge is -2.15. The van der Waals surface area contributed by atoms with Gasteiger partial charge in [-0.25, -0.2) is 0 Å². The monoisotopic (exact) mass is 651 g/mol. The largest absolute Gasteiger partial charge is 0.456 e. The van der Waals surface area contributed by atoms with Crippen molar-refractivity contribution in [1.29, 1.82) is 0 Å². The Kier molecular flexibility index (Phi) is 5.96. The summed E-state index contributed by atoms with van der Waals surface area (Å²) in [7, 11) is 0. The summed E-state index contributed by atoms with van der Waals surface area (Å²) in [6.45, 7) is 0. The van der Waals surface area contributed by atoms with Gasteiger partial charge in [0.15, 0.2) is 0 Å². The van der Waals surface area contributed by atoms with Crippen LogP contribution in [0.4, 0.5) is 0 Å². The van der Waals surface area contributed by atoms with E-state index in [1.807, 2.05) is 24.3 Å². The van der Waals surface area contributed by atoms with E-state index in [2.05, 4.69) is 156 Å². The minimum absolute atomic E-state index is 0.887. The molecule has 238 valence electrons. The van der Waals surface area contributed by atoms with Crippen molar-refractivity contribution in [1.82, 2.24) is 4.57 Å². The maximum atomic E-state index is 6.47. The predicted octanol–water partition coefficient (Wildman–Crippen LogP) is 13.6. The first kappa shape index (κ1) is 28.0. The Labute approximate surface area is 293 Å². The first-order valence-corrected chi connectivity index (χ1v) is 17.3. The number of fused-ring (bicyclic) bond motifs is 9. The average Bonchev–Trinajstić information content (AvgIpc) is 3.87. The molecule has 0 aliphatic rings. The van der Waals surface area contributed by atoms with Gasteiger partial charge in [0.05, 0.1) is 11.0 Å². The van der Waals surface area contributed by atoms with Crippen molar-refractivity contribution in [3.8, 4) is 39.1 Å². The molecule has 3 heterocycles. The molecule has 11 aromatic rings. The van der Waals surface area contributed by atoms with E-state index < -0.39 is 0 Å². The van der Waals surface area contributed by atoms with Crippen LogP contribution >= 0.6 is 0 Å². The van der Waals surface area contributed by atoms with Crippen LogP contribution in [-0.4, -0.2) is 4.57 Å². The summed E-state index contributed by atoms with van der Waals surface area (Å²) < 4.78 is 15.2. The number of furan rings is 2. The molecule has 3 aromatic heterocycles. The molecule has 0 aliphatic carbocycles. The van der Waals surface area contributed by atoms with Gasteiger partial charge in [0, 0.05) is 43.6 Å². The topological polar surface area (TPSA) is 31.2 Å². The summed E-state index contributed by atoms with van der Waals surface area (Å²) in [5, 5.41) is 6.99. The van der Waals surface area contributed by atoms with Crippen molar-refractivity contribution in [2.24, 2.45) is 0 Å². The molecule has 0 unspecified atom stereocenters. The summed E-state index contributed by atoms with van der Waals surface area (Å²) in [5.41, 5.74) is 13.8. The first-order chi connectivity index (χ1) is 25.3. The van der Waals surface area contributed by atoms with Crippen molar-refractivity contribution in [2.45, 2.75) is 0 Å². The second kappa shape index (κ2) is 10.8. The van der Waals surface area contributed by atoms with Crippen LogP contribution in [0.5, 0.6) is 0 Å². The molecular formula is C48H29NO2. The third-order valence-corrected chi connectivity index (χ3v) is 10.4. The second-order valence-electron chi connectivity index (χ2n) is 13.3. The Morgan fingerprint density at radius 1 is 0.333 bits per heavy atom. The molecule has 0 radical (unpaired) electrons. The molecule has 3 nitrogen and oxygen atoms in total. The van der Waals surface area contributed by atoms with Crippen LogP contribution in [0.15, 0.2) is 185 Å². The maximum absolute atomic E-state index is 6.47. The van der Waals surface area contributed by atoms with Crippen molar-refractivity contribution in [3.05, 3.63) is 176 Å². The van der Waals surface area contributed by atoms with Crippen LogP contribution in [0.2, 0.25) is 0 Å². The number of nitrogens with zero attached hydrogens (tertiary/aromatic N) is 1. The SMILES string of the molecule is c1cc(-c2cc(-c3cccc4oc5ccccc5c34)cc(-n3c4ccccc4c4ccccc43)c2)cc(-c2cccc3c2oc2ccccc23)c1. The zero-order valence-electron chi connectivity index (χ0n) is 27.5. The first-order valence-electron chi connectivity index (χ1n) is 17.3. The molecule has 0 bridgehead atoms. The van der Waals surface area contributed by atoms with Gasteiger partial charge in [0.25, 0.3) is 0 Å².